The van der Waals surface area contributed by atoms with E-state index in [0.717, 1.165) is 5.56 Å². The van der Waals surface area contributed by atoms with Crippen molar-refractivity contribution in [3.8, 4) is 17.2 Å². The molecule has 1 heterocycles. The smallest absolute Gasteiger partial charge is 0.277 e. The molecule has 0 aliphatic rings. The molecule has 0 aliphatic carbocycles. The number of thioether (sulfide) groups is 1. The lowest BCUT2D eigenvalue weighted by atomic mass is 10.2. The Hall–Kier alpha value is -2.51. The van der Waals surface area contributed by atoms with Crippen molar-refractivity contribution >= 4 is 35.0 Å². The monoisotopic (exact) mass is 389 g/mol. The van der Waals surface area contributed by atoms with E-state index in [1.54, 1.807) is 30.3 Å². The molecule has 8 heteroatoms. The topological polar surface area (TPSA) is 77.2 Å². The first-order valence-electron chi connectivity index (χ1n) is 7.89. The zero-order valence-electron chi connectivity index (χ0n) is 13.9. The standard InChI is InChI=1S/C18H16ClN3O3S/c1-2-24-15-6-4-3-5-14(15)20-16(23)11-26-18-22-21-17(25-18)12-7-9-13(19)10-8-12/h3-10H,2,11H2,1H3,(H,20,23). The number of para-hydroxylation sites is 2. The number of nitrogens with one attached hydrogen (secondary N) is 1. The number of benzene rings is 2. The molecular formula is C18H16ClN3O3S. The normalized spacial score (nSPS) is 10.5. The first-order chi connectivity index (χ1) is 12.7. The maximum atomic E-state index is 12.2. The van der Waals surface area contributed by atoms with E-state index in [9.17, 15) is 4.79 Å². The Morgan fingerprint density at radius 2 is 1.96 bits per heavy atom. The second-order valence-corrected chi connectivity index (χ2v) is 6.51. The van der Waals surface area contributed by atoms with Gasteiger partial charge in [0.05, 0.1) is 18.0 Å². The lowest BCUT2D eigenvalue weighted by Crippen LogP contribution is -2.14. The van der Waals surface area contributed by atoms with Crippen LogP contribution in [0.4, 0.5) is 5.69 Å². The molecule has 6 nitrogen and oxygen atoms in total. The highest BCUT2D eigenvalue weighted by atomic mass is 35.5. The van der Waals surface area contributed by atoms with Gasteiger partial charge in [-0.05, 0) is 43.3 Å². The van der Waals surface area contributed by atoms with Crippen LogP contribution in [0.15, 0.2) is 58.2 Å². The Morgan fingerprint density at radius 3 is 2.73 bits per heavy atom. The predicted molar refractivity (Wildman–Crippen MR) is 102 cm³/mol. The van der Waals surface area contributed by atoms with Crippen LogP contribution >= 0.6 is 23.4 Å². The number of carbonyl (C=O) groups is 1. The zero-order valence-corrected chi connectivity index (χ0v) is 15.5. The van der Waals surface area contributed by atoms with Crippen LogP contribution in [-0.2, 0) is 4.79 Å². The molecular weight excluding hydrogens is 374 g/mol. The molecule has 3 aromatic rings. The van der Waals surface area contributed by atoms with Crippen molar-refractivity contribution in [1.29, 1.82) is 0 Å². The van der Waals surface area contributed by atoms with Crippen molar-refractivity contribution in [3.63, 3.8) is 0 Å². The minimum atomic E-state index is -0.187. The number of rotatable bonds is 7. The van der Waals surface area contributed by atoms with Gasteiger partial charge in [0.25, 0.3) is 5.22 Å². The number of nitrogens with zero attached hydrogens (tertiary/aromatic N) is 2. The highest BCUT2D eigenvalue weighted by Crippen LogP contribution is 2.26. The minimum Gasteiger partial charge on any atom is -0.492 e. The average Bonchev–Trinajstić information content (AvgIpc) is 3.11. The van der Waals surface area contributed by atoms with E-state index in [1.807, 2.05) is 25.1 Å². The predicted octanol–water partition coefficient (Wildman–Crippen LogP) is 4.52. The molecule has 134 valence electrons. The van der Waals surface area contributed by atoms with E-state index in [1.165, 1.54) is 11.8 Å². The molecule has 0 atom stereocenters. The second kappa shape index (κ2) is 8.73. The summed E-state index contributed by atoms with van der Waals surface area (Å²) in [6, 6.07) is 14.4. The van der Waals surface area contributed by atoms with Crippen molar-refractivity contribution in [1.82, 2.24) is 10.2 Å². The molecule has 26 heavy (non-hydrogen) atoms. The fourth-order valence-electron chi connectivity index (χ4n) is 2.14. The summed E-state index contributed by atoms with van der Waals surface area (Å²) in [6.45, 7) is 2.42. The summed E-state index contributed by atoms with van der Waals surface area (Å²) in [4.78, 5) is 12.2. The summed E-state index contributed by atoms with van der Waals surface area (Å²) in [5.41, 5.74) is 1.40. The Balaban J connectivity index is 1.58. The van der Waals surface area contributed by atoms with Gasteiger partial charge in [0.1, 0.15) is 5.75 Å². The quantitative estimate of drug-likeness (QED) is 0.598. The van der Waals surface area contributed by atoms with Crippen LogP contribution in [0.25, 0.3) is 11.5 Å². The zero-order chi connectivity index (χ0) is 18.4. The van der Waals surface area contributed by atoms with E-state index in [0.29, 0.717) is 34.2 Å². The van der Waals surface area contributed by atoms with Crippen molar-refractivity contribution in [2.24, 2.45) is 0 Å². The van der Waals surface area contributed by atoms with Gasteiger partial charge in [0.15, 0.2) is 0 Å². The van der Waals surface area contributed by atoms with Crippen LogP contribution in [0.3, 0.4) is 0 Å². The van der Waals surface area contributed by atoms with Gasteiger partial charge in [-0.3, -0.25) is 4.79 Å². The van der Waals surface area contributed by atoms with Crippen LogP contribution in [-0.4, -0.2) is 28.5 Å². The second-order valence-electron chi connectivity index (χ2n) is 5.15. The maximum Gasteiger partial charge on any atom is 0.277 e. The van der Waals surface area contributed by atoms with Gasteiger partial charge in [-0.2, -0.15) is 0 Å². The summed E-state index contributed by atoms with van der Waals surface area (Å²) in [5, 5.41) is 11.7. The fraction of sp³-hybridized carbons (Fsp3) is 0.167. The van der Waals surface area contributed by atoms with Gasteiger partial charge in [-0.1, -0.05) is 35.5 Å². The number of aromatic nitrogens is 2. The largest absolute Gasteiger partial charge is 0.492 e. The molecule has 3 rings (SSSR count). The number of hydrogen-bond acceptors (Lipinski definition) is 6. The highest BCUT2D eigenvalue weighted by molar-refractivity contribution is 7.99. The molecule has 0 fully saturated rings. The van der Waals surface area contributed by atoms with E-state index in [-0.39, 0.29) is 11.7 Å². The van der Waals surface area contributed by atoms with Crippen molar-refractivity contribution in [3.05, 3.63) is 53.6 Å². The van der Waals surface area contributed by atoms with E-state index >= 15 is 0 Å². The van der Waals surface area contributed by atoms with Gasteiger partial charge in [-0.25, -0.2) is 0 Å². The lowest BCUT2D eigenvalue weighted by Gasteiger charge is -2.10. The molecule has 1 aromatic heterocycles. The summed E-state index contributed by atoms with van der Waals surface area (Å²) in [6.07, 6.45) is 0. The SMILES string of the molecule is CCOc1ccccc1NC(=O)CSc1nnc(-c2ccc(Cl)cc2)o1. The Labute approximate surface area is 159 Å². The first kappa shape index (κ1) is 18.3. The van der Waals surface area contributed by atoms with Crippen LogP contribution in [0.5, 0.6) is 5.75 Å². The third kappa shape index (κ3) is 4.77. The van der Waals surface area contributed by atoms with E-state index < -0.39 is 0 Å². The first-order valence-corrected chi connectivity index (χ1v) is 9.26. The molecule has 0 saturated carbocycles. The molecule has 1 N–H and O–H groups in total. The summed E-state index contributed by atoms with van der Waals surface area (Å²) < 4.78 is 11.1. The molecule has 0 aliphatic heterocycles. The average molecular weight is 390 g/mol. The van der Waals surface area contributed by atoms with Crippen LogP contribution in [0.2, 0.25) is 5.02 Å². The summed E-state index contributed by atoms with van der Waals surface area (Å²) in [7, 11) is 0. The van der Waals surface area contributed by atoms with Crippen LogP contribution in [0, 0.1) is 0 Å². The molecule has 0 radical (unpaired) electrons. The molecule has 0 saturated heterocycles. The van der Waals surface area contributed by atoms with Gasteiger partial charge in [0.2, 0.25) is 11.8 Å². The number of anilines is 1. The third-order valence-electron chi connectivity index (χ3n) is 3.29. The van der Waals surface area contributed by atoms with E-state index in [2.05, 4.69) is 15.5 Å². The lowest BCUT2D eigenvalue weighted by molar-refractivity contribution is -0.113. The van der Waals surface area contributed by atoms with Crippen LogP contribution < -0.4 is 10.1 Å². The van der Waals surface area contributed by atoms with Gasteiger partial charge < -0.3 is 14.5 Å². The maximum absolute atomic E-state index is 12.2. The number of halogens is 1. The Bertz CT molecular complexity index is 883. The Kier molecular flexibility index (Phi) is 6.14. The molecule has 0 bridgehead atoms. The van der Waals surface area contributed by atoms with Crippen molar-refractivity contribution in [2.75, 3.05) is 17.7 Å². The molecule has 0 unspecified atom stereocenters. The highest BCUT2D eigenvalue weighted by Gasteiger charge is 2.12. The van der Waals surface area contributed by atoms with Gasteiger partial charge in [0, 0.05) is 10.6 Å². The van der Waals surface area contributed by atoms with E-state index in [4.69, 9.17) is 20.8 Å². The Morgan fingerprint density at radius 1 is 1.19 bits per heavy atom. The van der Waals surface area contributed by atoms with Crippen LogP contribution in [0.1, 0.15) is 6.92 Å². The number of hydrogen-bond donors (Lipinski definition) is 1. The fourth-order valence-corrected chi connectivity index (χ4v) is 2.83. The number of ether oxygens (including phenoxy) is 1. The van der Waals surface area contributed by atoms with Gasteiger partial charge in [-0.15, -0.1) is 10.2 Å². The van der Waals surface area contributed by atoms with Gasteiger partial charge >= 0.3 is 0 Å². The molecule has 1 amide bonds. The number of amides is 1. The third-order valence-corrected chi connectivity index (χ3v) is 4.36. The molecule has 2 aromatic carbocycles. The van der Waals surface area contributed by atoms with Crippen molar-refractivity contribution in [2.45, 2.75) is 12.1 Å². The van der Waals surface area contributed by atoms with Crippen molar-refractivity contribution < 1.29 is 13.9 Å². The summed E-state index contributed by atoms with van der Waals surface area (Å²) >= 11 is 7.03. The minimum absolute atomic E-state index is 0.142. The molecule has 0 spiro atoms. The summed E-state index contributed by atoms with van der Waals surface area (Å²) in [5.74, 6) is 0.971. The number of carbonyl (C=O) groups excluding carboxylic acids is 1.